The molecule has 2 rings (SSSR count). The maximum Gasteiger partial charge on any atom is 0.389 e. The molecule has 1 atom stereocenters. The lowest BCUT2D eigenvalue weighted by atomic mass is 10.2. The van der Waals surface area contributed by atoms with E-state index in [2.05, 4.69) is 22.3 Å². The van der Waals surface area contributed by atoms with Gasteiger partial charge in [-0.2, -0.15) is 13.2 Å². The highest BCUT2D eigenvalue weighted by atomic mass is 19.4. The third-order valence-electron chi connectivity index (χ3n) is 3.84. The van der Waals surface area contributed by atoms with Crippen molar-refractivity contribution < 1.29 is 13.2 Å². The standard InChI is InChI=1S/C16H23F3N2/c17-16(18,19)9-4-5-10-20-15-8-11-21(13-15)12-14-6-2-1-3-7-14/h1-3,6-7,15,20H,4-5,8-13H2. The summed E-state index contributed by atoms with van der Waals surface area (Å²) in [6.45, 7) is 3.66. The van der Waals surface area contributed by atoms with Crippen molar-refractivity contribution >= 4 is 0 Å². The monoisotopic (exact) mass is 300 g/mol. The van der Waals surface area contributed by atoms with E-state index in [0.717, 1.165) is 26.1 Å². The highest BCUT2D eigenvalue weighted by Gasteiger charge is 2.26. The Morgan fingerprint density at radius 2 is 1.90 bits per heavy atom. The number of hydrogen-bond acceptors (Lipinski definition) is 2. The van der Waals surface area contributed by atoms with Gasteiger partial charge in [-0.05, 0) is 31.4 Å². The molecule has 1 fully saturated rings. The Labute approximate surface area is 124 Å². The summed E-state index contributed by atoms with van der Waals surface area (Å²) in [5, 5.41) is 3.37. The van der Waals surface area contributed by atoms with Crippen molar-refractivity contribution in [2.24, 2.45) is 0 Å². The van der Waals surface area contributed by atoms with Crippen LogP contribution in [0.1, 0.15) is 31.2 Å². The second-order valence-corrected chi connectivity index (χ2v) is 5.73. The largest absolute Gasteiger partial charge is 0.389 e. The van der Waals surface area contributed by atoms with Gasteiger partial charge in [-0.3, -0.25) is 4.90 Å². The zero-order chi connectivity index (χ0) is 15.1. The molecule has 21 heavy (non-hydrogen) atoms. The number of nitrogens with zero attached hydrogens (tertiary/aromatic N) is 1. The lowest BCUT2D eigenvalue weighted by Crippen LogP contribution is -2.33. The number of nitrogens with one attached hydrogen (secondary N) is 1. The molecule has 0 amide bonds. The maximum atomic E-state index is 12.0. The van der Waals surface area contributed by atoms with Crippen LogP contribution in [0.15, 0.2) is 30.3 Å². The van der Waals surface area contributed by atoms with Crippen molar-refractivity contribution in [3.63, 3.8) is 0 Å². The maximum absolute atomic E-state index is 12.0. The molecular weight excluding hydrogens is 277 g/mol. The SMILES string of the molecule is FC(F)(F)CCCCNC1CCN(Cc2ccccc2)C1. The van der Waals surface area contributed by atoms with Gasteiger partial charge in [-0.25, -0.2) is 0 Å². The van der Waals surface area contributed by atoms with Crippen molar-refractivity contribution in [3.8, 4) is 0 Å². The van der Waals surface area contributed by atoms with Gasteiger partial charge in [-0.1, -0.05) is 30.3 Å². The van der Waals surface area contributed by atoms with Gasteiger partial charge in [0.25, 0.3) is 0 Å². The molecule has 1 aliphatic rings. The van der Waals surface area contributed by atoms with Crippen molar-refractivity contribution in [2.45, 2.75) is 44.4 Å². The van der Waals surface area contributed by atoms with Crippen LogP contribution in [0.25, 0.3) is 0 Å². The minimum absolute atomic E-state index is 0.219. The van der Waals surface area contributed by atoms with E-state index in [0.29, 0.717) is 19.0 Å². The van der Waals surface area contributed by atoms with Gasteiger partial charge >= 0.3 is 6.18 Å². The first-order chi connectivity index (χ1) is 10.0. The van der Waals surface area contributed by atoms with E-state index in [1.165, 1.54) is 5.56 Å². The van der Waals surface area contributed by atoms with Gasteiger partial charge in [-0.15, -0.1) is 0 Å². The zero-order valence-electron chi connectivity index (χ0n) is 12.2. The zero-order valence-corrected chi connectivity index (χ0v) is 12.2. The lowest BCUT2D eigenvalue weighted by Gasteiger charge is -2.17. The van der Waals surface area contributed by atoms with Gasteiger partial charge in [0, 0.05) is 32.1 Å². The molecule has 1 saturated heterocycles. The Morgan fingerprint density at radius 3 is 2.62 bits per heavy atom. The fourth-order valence-corrected chi connectivity index (χ4v) is 2.74. The normalized spacial score (nSPS) is 20.0. The van der Waals surface area contributed by atoms with Crippen molar-refractivity contribution in [3.05, 3.63) is 35.9 Å². The van der Waals surface area contributed by atoms with Gasteiger partial charge < -0.3 is 5.32 Å². The topological polar surface area (TPSA) is 15.3 Å². The smallest absolute Gasteiger partial charge is 0.313 e. The lowest BCUT2D eigenvalue weighted by molar-refractivity contribution is -0.135. The summed E-state index contributed by atoms with van der Waals surface area (Å²) >= 11 is 0. The summed E-state index contributed by atoms with van der Waals surface area (Å²) in [7, 11) is 0. The second kappa shape index (κ2) is 7.80. The van der Waals surface area contributed by atoms with Crippen LogP contribution in [-0.2, 0) is 6.54 Å². The first-order valence-electron chi connectivity index (χ1n) is 7.59. The molecule has 118 valence electrons. The third-order valence-corrected chi connectivity index (χ3v) is 3.84. The van der Waals surface area contributed by atoms with Gasteiger partial charge in [0.05, 0.1) is 0 Å². The summed E-state index contributed by atoms with van der Waals surface area (Å²) in [6, 6.07) is 10.8. The Morgan fingerprint density at radius 1 is 1.14 bits per heavy atom. The molecule has 0 radical (unpaired) electrons. The molecule has 0 aliphatic carbocycles. The summed E-state index contributed by atoms with van der Waals surface area (Å²) in [4.78, 5) is 2.39. The molecule has 0 saturated carbocycles. The molecule has 1 aromatic carbocycles. The minimum atomic E-state index is -4.01. The quantitative estimate of drug-likeness (QED) is 0.774. The van der Waals surface area contributed by atoms with Crippen LogP contribution >= 0.6 is 0 Å². The molecule has 1 aromatic rings. The summed E-state index contributed by atoms with van der Waals surface area (Å²) in [5.41, 5.74) is 1.31. The van der Waals surface area contributed by atoms with Gasteiger partial charge in [0.2, 0.25) is 0 Å². The third kappa shape index (κ3) is 6.48. The number of benzene rings is 1. The van der Waals surface area contributed by atoms with E-state index < -0.39 is 12.6 Å². The molecular formula is C16H23F3N2. The molecule has 0 bridgehead atoms. The minimum Gasteiger partial charge on any atom is -0.313 e. The summed E-state index contributed by atoms with van der Waals surface area (Å²) in [6.07, 6.45) is -2.79. The van der Waals surface area contributed by atoms with E-state index in [4.69, 9.17) is 0 Å². The van der Waals surface area contributed by atoms with E-state index in [1.54, 1.807) is 0 Å². The molecule has 1 heterocycles. The average molecular weight is 300 g/mol. The summed E-state index contributed by atoms with van der Waals surface area (Å²) in [5.74, 6) is 0. The molecule has 5 heteroatoms. The van der Waals surface area contributed by atoms with Crippen molar-refractivity contribution in [1.29, 1.82) is 0 Å². The van der Waals surface area contributed by atoms with Crippen LogP contribution in [0.2, 0.25) is 0 Å². The molecule has 1 N–H and O–H groups in total. The number of halogens is 3. The highest BCUT2D eigenvalue weighted by molar-refractivity contribution is 5.14. The van der Waals surface area contributed by atoms with E-state index in [9.17, 15) is 13.2 Å². The van der Waals surface area contributed by atoms with Crippen LogP contribution in [0.5, 0.6) is 0 Å². The molecule has 1 aliphatic heterocycles. The first kappa shape index (κ1) is 16.3. The average Bonchev–Trinajstić information content (AvgIpc) is 2.86. The van der Waals surface area contributed by atoms with Crippen LogP contribution < -0.4 is 5.32 Å². The fourth-order valence-electron chi connectivity index (χ4n) is 2.74. The Bertz CT molecular complexity index is 406. The van der Waals surface area contributed by atoms with Crippen LogP contribution in [0.3, 0.4) is 0 Å². The number of unbranched alkanes of at least 4 members (excludes halogenated alkanes) is 1. The van der Waals surface area contributed by atoms with Gasteiger partial charge in [0.1, 0.15) is 0 Å². The Hall–Kier alpha value is -1.07. The van der Waals surface area contributed by atoms with Crippen LogP contribution in [-0.4, -0.2) is 36.8 Å². The first-order valence-corrected chi connectivity index (χ1v) is 7.59. The van der Waals surface area contributed by atoms with Crippen molar-refractivity contribution in [2.75, 3.05) is 19.6 Å². The van der Waals surface area contributed by atoms with E-state index >= 15 is 0 Å². The summed E-state index contributed by atoms with van der Waals surface area (Å²) < 4.78 is 36.0. The Kier molecular flexibility index (Phi) is 6.06. The van der Waals surface area contributed by atoms with Crippen LogP contribution in [0, 0.1) is 0 Å². The number of rotatable bonds is 7. The van der Waals surface area contributed by atoms with Crippen molar-refractivity contribution in [1.82, 2.24) is 10.2 Å². The predicted octanol–water partition coefficient (Wildman–Crippen LogP) is 3.58. The molecule has 0 aromatic heterocycles. The highest BCUT2D eigenvalue weighted by Crippen LogP contribution is 2.22. The molecule has 0 spiro atoms. The van der Waals surface area contributed by atoms with E-state index in [1.807, 2.05) is 18.2 Å². The van der Waals surface area contributed by atoms with Crippen LogP contribution in [0.4, 0.5) is 13.2 Å². The predicted molar refractivity (Wildman–Crippen MR) is 78.0 cm³/mol. The van der Waals surface area contributed by atoms with E-state index in [-0.39, 0.29) is 6.42 Å². The Balaban J connectivity index is 1.58. The number of likely N-dealkylation sites (tertiary alicyclic amines) is 1. The van der Waals surface area contributed by atoms with Gasteiger partial charge in [0.15, 0.2) is 0 Å². The number of alkyl halides is 3. The molecule has 1 unspecified atom stereocenters. The number of hydrogen-bond donors (Lipinski definition) is 1. The molecule has 2 nitrogen and oxygen atoms in total. The second-order valence-electron chi connectivity index (χ2n) is 5.73. The fraction of sp³-hybridized carbons (Fsp3) is 0.625.